The van der Waals surface area contributed by atoms with Gasteiger partial charge in [0.15, 0.2) is 0 Å². The molecule has 0 spiro atoms. The quantitative estimate of drug-likeness (QED) is 0.603. The molecule has 5 nitrogen and oxygen atoms in total. The summed E-state index contributed by atoms with van der Waals surface area (Å²) in [5.74, 6) is -0.996. The van der Waals surface area contributed by atoms with E-state index in [1.54, 1.807) is 30.3 Å². The van der Waals surface area contributed by atoms with Crippen LogP contribution in [0.25, 0.3) is 11.3 Å². The summed E-state index contributed by atoms with van der Waals surface area (Å²) in [5, 5.41) is 1.96. The van der Waals surface area contributed by atoms with Gasteiger partial charge in [0.25, 0.3) is 5.56 Å². The molecule has 3 rings (SSSR count). The normalized spacial score (nSPS) is 11.9. The van der Waals surface area contributed by atoms with E-state index in [1.165, 1.54) is 0 Å². The lowest BCUT2D eigenvalue weighted by Crippen LogP contribution is -2.27. The average Bonchev–Trinajstić information content (AvgIpc) is 2.68. The Labute approximate surface area is 171 Å². The van der Waals surface area contributed by atoms with Crippen LogP contribution in [0.2, 0.25) is 0 Å². The Hall–Kier alpha value is -3.63. The van der Waals surface area contributed by atoms with E-state index in [9.17, 15) is 35.9 Å². The first-order chi connectivity index (χ1) is 14.4. The molecule has 2 aromatic carbocycles. The smallest absolute Gasteiger partial charge is 0.325 e. The number of halogens is 6. The topological polar surface area (TPSA) is 64.0 Å². The summed E-state index contributed by atoms with van der Waals surface area (Å²) >= 11 is 0. The Balaban J connectivity index is 1.82. The summed E-state index contributed by atoms with van der Waals surface area (Å²) in [4.78, 5) is 28.4. The summed E-state index contributed by atoms with van der Waals surface area (Å²) in [7, 11) is 0. The number of anilines is 1. The van der Waals surface area contributed by atoms with E-state index in [0.717, 1.165) is 17.0 Å². The van der Waals surface area contributed by atoms with E-state index in [-0.39, 0.29) is 6.07 Å². The maximum Gasteiger partial charge on any atom is 0.416 e. The zero-order valence-corrected chi connectivity index (χ0v) is 15.5. The van der Waals surface area contributed by atoms with Crippen molar-refractivity contribution >= 4 is 11.6 Å². The lowest BCUT2D eigenvalue weighted by molar-refractivity contribution is -0.143. The zero-order valence-electron chi connectivity index (χ0n) is 15.5. The number of hydrogen-bond donors (Lipinski definition) is 1. The van der Waals surface area contributed by atoms with Crippen LogP contribution in [0.4, 0.5) is 32.0 Å². The Morgan fingerprint density at radius 3 is 2.00 bits per heavy atom. The van der Waals surface area contributed by atoms with Gasteiger partial charge in [-0.3, -0.25) is 14.2 Å². The second-order valence-corrected chi connectivity index (χ2v) is 6.45. The molecule has 0 radical (unpaired) electrons. The van der Waals surface area contributed by atoms with Gasteiger partial charge >= 0.3 is 12.4 Å². The monoisotopic (exact) mass is 441 g/mol. The van der Waals surface area contributed by atoms with Crippen LogP contribution >= 0.6 is 0 Å². The lowest BCUT2D eigenvalue weighted by atomic mass is 10.1. The summed E-state index contributed by atoms with van der Waals surface area (Å²) < 4.78 is 78.4. The predicted molar refractivity (Wildman–Crippen MR) is 99.0 cm³/mol. The third-order valence-corrected chi connectivity index (χ3v) is 4.13. The highest BCUT2D eigenvalue weighted by Crippen LogP contribution is 2.37. The van der Waals surface area contributed by atoms with Crippen molar-refractivity contribution in [2.45, 2.75) is 18.9 Å². The van der Waals surface area contributed by atoms with E-state index >= 15 is 0 Å². The highest BCUT2D eigenvalue weighted by Gasteiger charge is 2.37. The van der Waals surface area contributed by atoms with Crippen molar-refractivity contribution in [1.82, 2.24) is 9.55 Å². The van der Waals surface area contributed by atoms with E-state index in [0.29, 0.717) is 23.4 Å². The number of aromatic nitrogens is 2. The summed E-state index contributed by atoms with van der Waals surface area (Å²) in [6, 6.07) is 10.5. The van der Waals surface area contributed by atoms with Crippen LogP contribution < -0.4 is 10.9 Å². The van der Waals surface area contributed by atoms with Crippen LogP contribution in [0.15, 0.2) is 65.7 Å². The van der Waals surface area contributed by atoms with Gasteiger partial charge in [0.2, 0.25) is 5.91 Å². The van der Waals surface area contributed by atoms with Crippen LogP contribution in [0.5, 0.6) is 0 Å². The fourth-order valence-corrected chi connectivity index (χ4v) is 2.69. The molecule has 0 saturated heterocycles. The van der Waals surface area contributed by atoms with Gasteiger partial charge in [0.1, 0.15) is 6.54 Å². The summed E-state index contributed by atoms with van der Waals surface area (Å²) in [6.45, 7) is -0.654. The van der Waals surface area contributed by atoms with Crippen molar-refractivity contribution in [1.29, 1.82) is 0 Å². The molecule has 0 bridgehead atoms. The number of hydrogen-bond acceptors (Lipinski definition) is 3. The molecule has 1 aromatic heterocycles. The largest absolute Gasteiger partial charge is 0.416 e. The number of carbonyl (C=O) groups excluding carboxylic acids is 1. The van der Waals surface area contributed by atoms with E-state index in [4.69, 9.17) is 0 Å². The average molecular weight is 441 g/mol. The molecule has 0 fully saturated rings. The molecule has 0 unspecified atom stereocenters. The zero-order chi connectivity index (χ0) is 22.8. The number of amides is 1. The Bertz CT molecular complexity index is 1120. The van der Waals surface area contributed by atoms with Crippen LogP contribution in [-0.4, -0.2) is 15.5 Å². The minimum Gasteiger partial charge on any atom is -0.325 e. The number of nitrogens with one attached hydrogen (secondary N) is 1. The van der Waals surface area contributed by atoms with E-state index < -0.39 is 47.2 Å². The van der Waals surface area contributed by atoms with E-state index in [2.05, 4.69) is 4.98 Å². The Morgan fingerprint density at radius 1 is 0.903 bits per heavy atom. The van der Waals surface area contributed by atoms with Gasteiger partial charge in [-0.25, -0.2) is 4.98 Å². The molecule has 1 amide bonds. The van der Waals surface area contributed by atoms with E-state index in [1.807, 2.05) is 5.32 Å². The molecule has 1 N–H and O–H groups in total. The van der Waals surface area contributed by atoms with Crippen molar-refractivity contribution in [2.75, 3.05) is 5.32 Å². The summed E-state index contributed by atoms with van der Waals surface area (Å²) in [6.07, 6.45) is -9.03. The molecule has 0 saturated carbocycles. The molecular formula is C20H13F6N3O2. The van der Waals surface area contributed by atoms with Gasteiger partial charge in [-0.15, -0.1) is 0 Å². The van der Waals surface area contributed by atoms with Gasteiger partial charge < -0.3 is 5.32 Å². The van der Waals surface area contributed by atoms with Crippen molar-refractivity contribution in [3.63, 3.8) is 0 Å². The Morgan fingerprint density at radius 2 is 1.48 bits per heavy atom. The maximum absolute atomic E-state index is 12.9. The predicted octanol–water partition coefficient (Wildman–Crippen LogP) is 4.59. The first kappa shape index (κ1) is 22.1. The van der Waals surface area contributed by atoms with Gasteiger partial charge in [0, 0.05) is 17.3 Å². The van der Waals surface area contributed by atoms with Crippen molar-refractivity contribution in [3.05, 3.63) is 82.4 Å². The molecule has 1 heterocycles. The van der Waals surface area contributed by atoms with Crippen LogP contribution in [0, 0.1) is 0 Å². The van der Waals surface area contributed by atoms with Crippen LogP contribution in [0.1, 0.15) is 11.1 Å². The molecule has 3 aromatic rings. The number of rotatable bonds is 4. The van der Waals surface area contributed by atoms with Crippen LogP contribution in [0.3, 0.4) is 0 Å². The molecule has 31 heavy (non-hydrogen) atoms. The van der Waals surface area contributed by atoms with Crippen molar-refractivity contribution in [3.8, 4) is 11.3 Å². The second kappa shape index (κ2) is 8.25. The van der Waals surface area contributed by atoms with Gasteiger partial charge in [0.05, 0.1) is 23.1 Å². The second-order valence-electron chi connectivity index (χ2n) is 6.45. The highest BCUT2D eigenvalue weighted by atomic mass is 19.4. The first-order valence-corrected chi connectivity index (χ1v) is 8.65. The molecule has 0 aliphatic carbocycles. The number of carbonyl (C=O) groups is 1. The number of nitrogens with zero attached hydrogens (tertiary/aromatic N) is 2. The van der Waals surface area contributed by atoms with Crippen LogP contribution in [-0.2, 0) is 23.7 Å². The third kappa shape index (κ3) is 5.50. The fraction of sp³-hybridized carbons (Fsp3) is 0.150. The molecule has 0 aliphatic rings. The molecule has 0 atom stereocenters. The molecule has 162 valence electrons. The van der Waals surface area contributed by atoms with Crippen molar-refractivity contribution < 1.29 is 31.1 Å². The highest BCUT2D eigenvalue weighted by molar-refractivity contribution is 5.90. The SMILES string of the molecule is O=C(Cn1cnc(-c2ccccc2)cc1=O)Nc1cc(C(F)(F)F)cc(C(F)(F)F)c1. The van der Waals surface area contributed by atoms with Crippen molar-refractivity contribution in [2.24, 2.45) is 0 Å². The number of benzene rings is 2. The van der Waals surface area contributed by atoms with Gasteiger partial charge in [-0.2, -0.15) is 26.3 Å². The Kier molecular flexibility index (Phi) is 5.87. The van der Waals surface area contributed by atoms with Gasteiger partial charge in [-0.05, 0) is 18.2 Å². The maximum atomic E-state index is 12.9. The number of alkyl halides is 6. The third-order valence-electron chi connectivity index (χ3n) is 4.13. The summed E-state index contributed by atoms with van der Waals surface area (Å²) in [5.41, 5.74) is -3.46. The lowest BCUT2D eigenvalue weighted by Gasteiger charge is -2.15. The standard InChI is InChI=1S/C20H13F6N3O2/c21-19(22,23)13-6-14(20(24,25)26)8-15(7-13)28-17(30)10-29-11-27-16(9-18(29)31)12-4-2-1-3-5-12/h1-9,11H,10H2,(H,28,30). The minimum absolute atomic E-state index is 0.0492. The molecule has 11 heteroatoms. The minimum atomic E-state index is -5.05. The fourth-order valence-electron chi connectivity index (χ4n) is 2.69. The van der Waals surface area contributed by atoms with Gasteiger partial charge in [-0.1, -0.05) is 30.3 Å². The first-order valence-electron chi connectivity index (χ1n) is 8.65. The molecular weight excluding hydrogens is 428 g/mol. The molecule has 0 aliphatic heterocycles.